The van der Waals surface area contributed by atoms with Crippen LogP contribution in [0, 0.1) is 19.6 Å². The van der Waals surface area contributed by atoms with E-state index in [2.05, 4.69) is 37.8 Å². The number of piperidine rings is 1. The minimum Gasteiger partial charge on any atom is -0.464 e. The maximum atomic E-state index is 11.6. The molecule has 3 rings (SSSR count). The van der Waals surface area contributed by atoms with E-state index in [1.807, 2.05) is 12.1 Å². The van der Waals surface area contributed by atoms with Crippen molar-refractivity contribution in [1.82, 2.24) is 4.98 Å². The van der Waals surface area contributed by atoms with Crippen LogP contribution < -0.4 is 10.2 Å². The Labute approximate surface area is 189 Å². The number of nitro benzene ring substituents is 1. The molecule has 160 valence electrons. The summed E-state index contributed by atoms with van der Waals surface area (Å²) in [6, 6.07) is 10.5. The predicted octanol–water partition coefficient (Wildman–Crippen LogP) is 4.49. The number of aromatic nitrogens is 1. The summed E-state index contributed by atoms with van der Waals surface area (Å²) in [5.74, 6) is 0.690. The number of methoxy groups -OCH3 is 1. The molecule has 1 fully saturated rings. The van der Waals surface area contributed by atoms with Crippen LogP contribution in [-0.2, 0) is 4.74 Å². The summed E-state index contributed by atoms with van der Waals surface area (Å²) in [4.78, 5) is 29.1. The lowest BCUT2D eigenvalue weighted by Crippen LogP contribution is -2.36. The number of carbonyl (C=O) groups excluding carboxylic acids is 1. The van der Waals surface area contributed by atoms with Crippen LogP contribution >= 0.6 is 22.6 Å². The highest BCUT2D eigenvalue weighted by Gasteiger charge is 2.25. The van der Waals surface area contributed by atoms with E-state index in [-0.39, 0.29) is 16.3 Å². The van der Waals surface area contributed by atoms with Crippen molar-refractivity contribution in [3.63, 3.8) is 0 Å². The Bertz CT molecular complexity index is 908. The highest BCUT2D eigenvalue weighted by molar-refractivity contribution is 14.1. The number of carbonyl (C=O) groups is 1. The second-order valence-corrected chi connectivity index (χ2v) is 8.56. The van der Waals surface area contributed by atoms with E-state index in [9.17, 15) is 14.9 Å². The zero-order valence-electron chi connectivity index (χ0n) is 16.8. The number of nitrogens with zero attached hydrogens (tertiary/aromatic N) is 3. The molecule has 1 unspecified atom stereocenters. The zero-order valence-corrected chi connectivity index (χ0v) is 19.0. The van der Waals surface area contributed by atoms with Gasteiger partial charge in [-0.05, 0) is 78.5 Å². The van der Waals surface area contributed by atoms with E-state index >= 15 is 0 Å². The van der Waals surface area contributed by atoms with Crippen molar-refractivity contribution in [3.05, 3.63) is 55.8 Å². The summed E-state index contributed by atoms with van der Waals surface area (Å²) in [5, 5.41) is 14.7. The Kier molecular flexibility index (Phi) is 7.83. The van der Waals surface area contributed by atoms with Crippen LogP contribution in [0.3, 0.4) is 0 Å². The Morgan fingerprint density at radius 2 is 2.23 bits per heavy atom. The van der Waals surface area contributed by atoms with Crippen molar-refractivity contribution in [2.75, 3.05) is 37.0 Å². The Morgan fingerprint density at radius 3 is 3.00 bits per heavy atom. The number of esters is 1. The molecule has 1 atom stereocenters. The topological polar surface area (TPSA) is 97.6 Å². The van der Waals surface area contributed by atoms with E-state index < -0.39 is 5.97 Å². The fourth-order valence-corrected chi connectivity index (χ4v) is 4.26. The average Bonchev–Trinajstić information content (AvgIpc) is 2.76. The summed E-state index contributed by atoms with van der Waals surface area (Å²) in [6.07, 6.45) is 4.14. The number of rotatable bonds is 8. The number of pyridine rings is 1. The van der Waals surface area contributed by atoms with Gasteiger partial charge in [-0.25, -0.2) is 9.78 Å². The summed E-state index contributed by atoms with van der Waals surface area (Å²) >= 11 is 2.20. The van der Waals surface area contributed by atoms with Gasteiger partial charge in [-0.15, -0.1) is 0 Å². The van der Waals surface area contributed by atoms with Gasteiger partial charge in [0.05, 0.1) is 12.0 Å². The van der Waals surface area contributed by atoms with E-state index in [0.717, 1.165) is 54.6 Å². The van der Waals surface area contributed by atoms with Crippen LogP contribution in [0.25, 0.3) is 0 Å². The van der Waals surface area contributed by atoms with Gasteiger partial charge in [-0.1, -0.05) is 6.07 Å². The molecule has 0 spiro atoms. The fraction of sp³-hybridized carbons (Fsp3) is 0.429. The Balaban J connectivity index is 1.52. The van der Waals surface area contributed by atoms with Crippen LogP contribution in [0.1, 0.15) is 36.2 Å². The highest BCUT2D eigenvalue weighted by Crippen LogP contribution is 2.33. The van der Waals surface area contributed by atoms with E-state index in [1.54, 1.807) is 24.3 Å². The molecule has 1 aromatic carbocycles. The van der Waals surface area contributed by atoms with E-state index in [0.29, 0.717) is 11.7 Å². The summed E-state index contributed by atoms with van der Waals surface area (Å²) < 4.78 is 5.70. The summed E-state index contributed by atoms with van der Waals surface area (Å²) in [5.41, 5.74) is 1.18. The third kappa shape index (κ3) is 5.80. The number of benzene rings is 1. The van der Waals surface area contributed by atoms with Gasteiger partial charge in [0.2, 0.25) is 0 Å². The molecule has 0 aliphatic carbocycles. The number of hydrogen-bond acceptors (Lipinski definition) is 7. The van der Waals surface area contributed by atoms with Crippen molar-refractivity contribution < 1.29 is 14.5 Å². The summed E-state index contributed by atoms with van der Waals surface area (Å²) in [6.45, 7) is 2.43. The molecule has 1 N–H and O–H groups in total. The first-order valence-corrected chi connectivity index (χ1v) is 11.0. The largest absolute Gasteiger partial charge is 0.464 e. The fourth-order valence-electron chi connectivity index (χ4n) is 3.78. The van der Waals surface area contributed by atoms with Gasteiger partial charge in [0, 0.05) is 29.3 Å². The van der Waals surface area contributed by atoms with Gasteiger partial charge in [-0.2, -0.15) is 0 Å². The first kappa shape index (κ1) is 22.3. The molecule has 0 bridgehead atoms. The first-order chi connectivity index (χ1) is 14.5. The van der Waals surface area contributed by atoms with E-state index in [4.69, 9.17) is 4.74 Å². The van der Waals surface area contributed by atoms with Crippen LogP contribution in [0.15, 0.2) is 36.4 Å². The molecule has 30 heavy (non-hydrogen) atoms. The number of halogens is 1. The molecule has 1 aromatic heterocycles. The molecule has 1 aliphatic rings. The third-order valence-electron chi connectivity index (χ3n) is 5.23. The third-order valence-corrected chi connectivity index (χ3v) is 5.90. The standard InChI is InChI=1S/C21H25IN4O4/c1-30-21(27)17-7-2-8-20(24-17)23-11-3-5-15-6-4-12-25(14-15)19-13-16(22)9-10-18(19)26(28)29/h2,7-10,13,15H,3-6,11-12,14H2,1H3,(H,23,24). The van der Waals surface area contributed by atoms with Crippen LogP contribution in [0.5, 0.6) is 0 Å². The maximum absolute atomic E-state index is 11.6. The van der Waals surface area contributed by atoms with Gasteiger partial charge < -0.3 is 15.0 Å². The Hall–Kier alpha value is -2.43. The van der Waals surface area contributed by atoms with Gasteiger partial charge in [0.1, 0.15) is 11.5 Å². The maximum Gasteiger partial charge on any atom is 0.356 e. The second kappa shape index (κ2) is 10.6. The van der Waals surface area contributed by atoms with Crippen molar-refractivity contribution in [3.8, 4) is 0 Å². The van der Waals surface area contributed by atoms with Gasteiger partial charge >= 0.3 is 5.97 Å². The van der Waals surface area contributed by atoms with Crippen LogP contribution in [0.2, 0.25) is 0 Å². The number of nitrogens with one attached hydrogen (secondary N) is 1. The van der Waals surface area contributed by atoms with Crippen LogP contribution in [-0.4, -0.2) is 42.6 Å². The van der Waals surface area contributed by atoms with Crippen molar-refractivity contribution in [2.45, 2.75) is 25.7 Å². The quantitative estimate of drug-likeness (QED) is 0.179. The molecule has 9 heteroatoms. The number of hydrogen-bond donors (Lipinski definition) is 1. The molecular formula is C21H25IN4O4. The monoisotopic (exact) mass is 524 g/mol. The van der Waals surface area contributed by atoms with Crippen molar-refractivity contribution in [2.24, 2.45) is 5.92 Å². The smallest absolute Gasteiger partial charge is 0.356 e. The number of nitro groups is 1. The van der Waals surface area contributed by atoms with Crippen LogP contribution in [0.4, 0.5) is 17.2 Å². The zero-order chi connectivity index (χ0) is 21.5. The van der Waals surface area contributed by atoms with E-state index in [1.165, 1.54) is 7.11 Å². The number of ether oxygens (including phenoxy) is 1. The normalized spacial score (nSPS) is 16.2. The second-order valence-electron chi connectivity index (χ2n) is 7.31. The average molecular weight is 524 g/mol. The lowest BCUT2D eigenvalue weighted by Gasteiger charge is -2.34. The lowest BCUT2D eigenvalue weighted by molar-refractivity contribution is -0.384. The molecule has 0 amide bonds. The van der Waals surface area contributed by atoms with Gasteiger partial charge in [0.25, 0.3) is 5.69 Å². The van der Waals surface area contributed by atoms with Gasteiger partial charge in [-0.3, -0.25) is 10.1 Å². The summed E-state index contributed by atoms with van der Waals surface area (Å²) in [7, 11) is 1.34. The molecule has 2 heterocycles. The minimum atomic E-state index is -0.453. The van der Waals surface area contributed by atoms with Crippen molar-refractivity contribution in [1.29, 1.82) is 0 Å². The highest BCUT2D eigenvalue weighted by atomic mass is 127. The molecular weight excluding hydrogens is 499 g/mol. The Morgan fingerprint density at radius 1 is 1.40 bits per heavy atom. The van der Waals surface area contributed by atoms with Crippen molar-refractivity contribution >= 4 is 45.8 Å². The van der Waals surface area contributed by atoms with Gasteiger partial charge in [0.15, 0.2) is 5.69 Å². The molecule has 1 saturated heterocycles. The SMILES string of the molecule is COC(=O)c1cccc(NCCCC2CCCN(c3cc(I)ccc3[N+](=O)[O-])C2)n1. The molecule has 2 aromatic rings. The number of anilines is 2. The molecule has 8 nitrogen and oxygen atoms in total. The molecule has 0 radical (unpaired) electrons. The minimum absolute atomic E-state index is 0.175. The molecule has 1 aliphatic heterocycles. The molecule has 0 saturated carbocycles. The lowest BCUT2D eigenvalue weighted by atomic mass is 9.93. The first-order valence-electron chi connectivity index (χ1n) is 9.96. The predicted molar refractivity (Wildman–Crippen MR) is 124 cm³/mol.